The van der Waals surface area contributed by atoms with Gasteiger partial charge in [-0.3, -0.25) is 4.79 Å². The monoisotopic (exact) mass is 598 g/mol. The van der Waals surface area contributed by atoms with Gasteiger partial charge in [0.2, 0.25) is 0 Å². The van der Waals surface area contributed by atoms with Gasteiger partial charge in [-0.25, -0.2) is 0 Å². The fourth-order valence-electron chi connectivity index (χ4n) is 4.93. The fourth-order valence-corrected chi connectivity index (χ4v) is 6.05. The standard InChI is InChI=1S/C36H38O6S/c1-26-18-20-31(21-19-26)43-36-35(41-24-30-16-10-5-11-17-30)34(40-23-29-14-8-4-9-15-29)33(32(42-36)25-38-27(2)37)39-22-28-12-6-3-7-13-28/h3-21,32-36H,22-25H2,1-2H3/t32-,33-,34+,35-,36-/m1/s1. The first-order chi connectivity index (χ1) is 21.0. The molecule has 1 heterocycles. The molecule has 0 N–H and O–H groups in total. The summed E-state index contributed by atoms with van der Waals surface area (Å²) in [5.41, 5.74) is 3.83. The second-order valence-electron chi connectivity index (χ2n) is 10.6. The van der Waals surface area contributed by atoms with Gasteiger partial charge in [-0.15, -0.1) is 0 Å². The first kappa shape index (κ1) is 31.0. The van der Waals surface area contributed by atoms with Crippen LogP contribution in [-0.4, -0.2) is 42.4 Å². The molecule has 0 unspecified atom stereocenters. The van der Waals surface area contributed by atoms with Gasteiger partial charge in [0, 0.05) is 11.8 Å². The summed E-state index contributed by atoms with van der Waals surface area (Å²) in [5, 5.41) is 0. The highest BCUT2D eigenvalue weighted by atomic mass is 32.2. The molecule has 0 saturated carbocycles. The predicted molar refractivity (Wildman–Crippen MR) is 167 cm³/mol. The molecule has 0 aromatic heterocycles. The third-order valence-corrected chi connectivity index (χ3v) is 8.33. The van der Waals surface area contributed by atoms with Gasteiger partial charge < -0.3 is 23.7 Å². The Morgan fingerprint density at radius 1 is 0.651 bits per heavy atom. The van der Waals surface area contributed by atoms with Crippen molar-refractivity contribution in [3.63, 3.8) is 0 Å². The maximum absolute atomic E-state index is 11.9. The van der Waals surface area contributed by atoms with E-state index in [4.69, 9.17) is 23.7 Å². The molecule has 0 radical (unpaired) electrons. The smallest absolute Gasteiger partial charge is 0.302 e. The first-order valence-corrected chi connectivity index (χ1v) is 15.4. The Kier molecular flexibility index (Phi) is 11.4. The summed E-state index contributed by atoms with van der Waals surface area (Å²) in [7, 11) is 0. The molecular formula is C36H38O6S. The number of hydrogen-bond acceptors (Lipinski definition) is 7. The lowest BCUT2D eigenvalue weighted by molar-refractivity contribution is -0.253. The molecule has 1 fully saturated rings. The van der Waals surface area contributed by atoms with Crippen molar-refractivity contribution in [3.05, 3.63) is 138 Å². The zero-order chi connectivity index (χ0) is 29.9. The van der Waals surface area contributed by atoms with Crippen LogP contribution in [0.2, 0.25) is 0 Å². The number of carbonyl (C=O) groups excluding carboxylic acids is 1. The van der Waals surface area contributed by atoms with Crippen molar-refractivity contribution in [1.29, 1.82) is 0 Å². The highest BCUT2D eigenvalue weighted by molar-refractivity contribution is 7.99. The van der Waals surface area contributed by atoms with Crippen LogP contribution in [0.1, 0.15) is 29.2 Å². The van der Waals surface area contributed by atoms with Crippen molar-refractivity contribution in [2.75, 3.05) is 6.61 Å². The van der Waals surface area contributed by atoms with Gasteiger partial charge in [0.1, 0.15) is 36.5 Å². The Hall–Kier alpha value is -3.46. The number of rotatable bonds is 13. The van der Waals surface area contributed by atoms with E-state index in [1.165, 1.54) is 12.5 Å². The SMILES string of the molecule is CC(=O)OC[C@H]1O[C@H](Sc2ccc(C)cc2)[C@H](OCc2ccccc2)[C@@H](OCc2ccccc2)[C@@H]1OCc1ccccc1. The Balaban J connectivity index is 1.48. The molecule has 4 aromatic rings. The Bertz CT molecular complexity index is 1380. The summed E-state index contributed by atoms with van der Waals surface area (Å²) in [4.78, 5) is 13.0. The Labute approximate surface area is 258 Å². The van der Waals surface area contributed by atoms with Crippen molar-refractivity contribution >= 4 is 17.7 Å². The van der Waals surface area contributed by atoms with Crippen LogP contribution >= 0.6 is 11.8 Å². The minimum Gasteiger partial charge on any atom is -0.463 e. The van der Waals surface area contributed by atoms with Gasteiger partial charge in [0.05, 0.1) is 19.8 Å². The van der Waals surface area contributed by atoms with Gasteiger partial charge in [-0.2, -0.15) is 0 Å². The molecule has 5 atom stereocenters. The number of thioether (sulfide) groups is 1. The predicted octanol–water partition coefficient (Wildman–Crippen LogP) is 7.13. The molecule has 7 heteroatoms. The molecular weight excluding hydrogens is 560 g/mol. The molecule has 224 valence electrons. The van der Waals surface area contributed by atoms with Crippen LogP contribution in [0, 0.1) is 6.92 Å². The third-order valence-electron chi connectivity index (χ3n) is 7.17. The maximum atomic E-state index is 11.9. The first-order valence-electron chi connectivity index (χ1n) is 14.5. The molecule has 0 aliphatic carbocycles. The largest absolute Gasteiger partial charge is 0.463 e. The number of hydrogen-bond donors (Lipinski definition) is 0. The normalized spacial score (nSPS) is 21.8. The van der Waals surface area contributed by atoms with E-state index in [9.17, 15) is 4.79 Å². The van der Waals surface area contributed by atoms with Crippen molar-refractivity contribution in [2.45, 2.75) is 68.4 Å². The highest BCUT2D eigenvalue weighted by Crippen LogP contribution is 2.38. The molecule has 0 spiro atoms. The lowest BCUT2D eigenvalue weighted by Gasteiger charge is -2.45. The Morgan fingerprint density at radius 3 is 1.60 bits per heavy atom. The van der Waals surface area contributed by atoms with E-state index in [1.807, 2.05) is 91.0 Å². The quantitative estimate of drug-likeness (QED) is 0.152. The van der Waals surface area contributed by atoms with Gasteiger partial charge in [0.25, 0.3) is 0 Å². The third kappa shape index (κ3) is 9.26. The zero-order valence-corrected chi connectivity index (χ0v) is 25.4. The molecule has 6 nitrogen and oxygen atoms in total. The number of aryl methyl sites for hydroxylation is 1. The van der Waals surface area contributed by atoms with E-state index >= 15 is 0 Å². The summed E-state index contributed by atoms with van der Waals surface area (Å²) >= 11 is 1.57. The van der Waals surface area contributed by atoms with Crippen molar-refractivity contribution in [1.82, 2.24) is 0 Å². The Morgan fingerprint density at radius 2 is 1.12 bits per heavy atom. The summed E-state index contributed by atoms with van der Waals surface area (Å²) in [6.07, 6.45) is -2.17. The highest BCUT2D eigenvalue weighted by Gasteiger charge is 2.49. The van der Waals surface area contributed by atoms with Gasteiger partial charge in [-0.05, 0) is 35.7 Å². The van der Waals surface area contributed by atoms with E-state index in [0.717, 1.165) is 21.6 Å². The molecule has 1 saturated heterocycles. The van der Waals surface area contributed by atoms with Crippen LogP contribution in [0.4, 0.5) is 0 Å². The second-order valence-corrected chi connectivity index (χ2v) is 11.7. The number of carbonyl (C=O) groups is 1. The van der Waals surface area contributed by atoms with Crippen molar-refractivity contribution < 1.29 is 28.5 Å². The van der Waals surface area contributed by atoms with Gasteiger partial charge in [0.15, 0.2) is 0 Å². The van der Waals surface area contributed by atoms with E-state index in [2.05, 4.69) is 31.2 Å². The topological polar surface area (TPSA) is 63.2 Å². The van der Waals surface area contributed by atoms with Gasteiger partial charge in [-0.1, -0.05) is 120 Å². The van der Waals surface area contributed by atoms with E-state index in [1.54, 1.807) is 11.8 Å². The van der Waals surface area contributed by atoms with Crippen molar-refractivity contribution in [2.24, 2.45) is 0 Å². The average molecular weight is 599 g/mol. The maximum Gasteiger partial charge on any atom is 0.302 e. The van der Waals surface area contributed by atoms with E-state index in [0.29, 0.717) is 19.8 Å². The lowest BCUT2D eigenvalue weighted by atomic mass is 9.99. The number of ether oxygens (including phenoxy) is 5. The molecule has 4 aromatic carbocycles. The molecule has 0 bridgehead atoms. The van der Waals surface area contributed by atoms with Crippen LogP contribution < -0.4 is 0 Å². The second kappa shape index (κ2) is 15.8. The van der Waals surface area contributed by atoms with E-state index in [-0.39, 0.29) is 12.6 Å². The molecule has 5 rings (SSSR count). The summed E-state index contributed by atoms with van der Waals surface area (Å²) in [6.45, 7) is 4.59. The van der Waals surface area contributed by atoms with Crippen LogP contribution in [0.5, 0.6) is 0 Å². The summed E-state index contributed by atoms with van der Waals surface area (Å²) < 4.78 is 32.2. The zero-order valence-electron chi connectivity index (χ0n) is 24.5. The van der Waals surface area contributed by atoms with Crippen LogP contribution in [0.3, 0.4) is 0 Å². The summed E-state index contributed by atoms with van der Waals surface area (Å²) in [5.74, 6) is -0.377. The fraction of sp³-hybridized carbons (Fsp3) is 0.306. The average Bonchev–Trinajstić information content (AvgIpc) is 3.04. The lowest BCUT2D eigenvalue weighted by Crippen LogP contribution is -2.60. The van der Waals surface area contributed by atoms with Gasteiger partial charge >= 0.3 is 5.97 Å². The van der Waals surface area contributed by atoms with E-state index < -0.39 is 29.9 Å². The molecule has 1 aliphatic rings. The molecule has 0 amide bonds. The molecule has 43 heavy (non-hydrogen) atoms. The number of esters is 1. The van der Waals surface area contributed by atoms with Crippen LogP contribution in [0.25, 0.3) is 0 Å². The van der Waals surface area contributed by atoms with Crippen molar-refractivity contribution in [3.8, 4) is 0 Å². The minimum absolute atomic E-state index is 0.0380. The van der Waals surface area contributed by atoms with Crippen LogP contribution in [-0.2, 0) is 48.3 Å². The van der Waals surface area contributed by atoms with Crippen LogP contribution in [0.15, 0.2) is 120 Å². The molecule has 1 aliphatic heterocycles. The minimum atomic E-state index is -0.576. The summed E-state index contributed by atoms with van der Waals surface area (Å²) in [6, 6.07) is 38.4. The number of benzene rings is 4.